The Morgan fingerprint density at radius 2 is 1.93 bits per heavy atom. The highest BCUT2D eigenvalue weighted by Crippen LogP contribution is 2.42. The fraction of sp³-hybridized carbons (Fsp3) is 0.400. The van der Waals surface area contributed by atoms with Crippen molar-refractivity contribution in [3.05, 3.63) is 47.8 Å². The second-order valence-electron chi connectivity index (χ2n) is 6.68. The Morgan fingerprint density at radius 1 is 1.22 bits per heavy atom. The average Bonchev–Trinajstić information content (AvgIpc) is 2.66. The first-order valence-electron chi connectivity index (χ1n) is 9.08. The fourth-order valence-electron chi connectivity index (χ4n) is 3.56. The molecule has 1 aromatic carbocycles. The number of hydrogen-bond donors (Lipinski definition) is 1. The van der Waals surface area contributed by atoms with Gasteiger partial charge in [-0.3, -0.25) is 4.79 Å². The van der Waals surface area contributed by atoms with E-state index in [1.54, 1.807) is 49.3 Å². The second kappa shape index (κ2) is 7.73. The van der Waals surface area contributed by atoms with E-state index < -0.39 is 0 Å². The molecule has 7 heteroatoms. The van der Waals surface area contributed by atoms with Crippen molar-refractivity contribution in [1.82, 2.24) is 9.97 Å². The van der Waals surface area contributed by atoms with Crippen molar-refractivity contribution in [2.24, 2.45) is 5.92 Å². The third-order valence-electron chi connectivity index (χ3n) is 5.02. The van der Waals surface area contributed by atoms with Crippen LogP contribution in [-0.4, -0.2) is 34.5 Å². The van der Waals surface area contributed by atoms with Crippen LogP contribution < -0.4 is 10.2 Å². The molecule has 3 rings (SSSR count). The van der Waals surface area contributed by atoms with Gasteiger partial charge in [0.25, 0.3) is 0 Å². The van der Waals surface area contributed by atoms with Crippen LogP contribution in [0.25, 0.3) is 0 Å². The molecule has 3 unspecified atom stereocenters. The number of amides is 1. The molecule has 0 fully saturated rings. The summed E-state index contributed by atoms with van der Waals surface area (Å²) in [5.74, 6) is 0.164. The summed E-state index contributed by atoms with van der Waals surface area (Å²) in [7, 11) is 0. The molecule has 1 aliphatic heterocycles. The van der Waals surface area contributed by atoms with Crippen LogP contribution in [0, 0.1) is 5.92 Å². The summed E-state index contributed by atoms with van der Waals surface area (Å²) in [6, 6.07) is 6.89. The average molecular weight is 368 g/mol. The van der Waals surface area contributed by atoms with Crippen molar-refractivity contribution in [3.63, 3.8) is 0 Å². The molecule has 1 aromatic heterocycles. The van der Waals surface area contributed by atoms with Gasteiger partial charge in [0.05, 0.1) is 18.2 Å². The van der Waals surface area contributed by atoms with Crippen LogP contribution in [0.3, 0.4) is 0 Å². The maximum absolute atomic E-state index is 12.3. The monoisotopic (exact) mass is 368 g/mol. The number of nitrogens with zero attached hydrogens (tertiary/aromatic N) is 3. The van der Waals surface area contributed by atoms with Crippen LogP contribution in [0.15, 0.2) is 36.7 Å². The maximum Gasteiger partial charge on any atom is 0.338 e. The first-order chi connectivity index (χ1) is 12.9. The molecule has 2 heterocycles. The Kier molecular flexibility index (Phi) is 5.39. The van der Waals surface area contributed by atoms with Gasteiger partial charge in [0.15, 0.2) is 0 Å². The highest BCUT2D eigenvalue weighted by Gasteiger charge is 2.38. The Balaban J connectivity index is 2.08. The number of nitrogens with one attached hydrogen (secondary N) is 1. The minimum atomic E-state index is -0.379. The molecule has 0 saturated carbocycles. The van der Waals surface area contributed by atoms with Crippen LogP contribution in [0.4, 0.5) is 11.6 Å². The lowest BCUT2D eigenvalue weighted by molar-refractivity contribution is -0.117. The molecular weight excluding hydrogens is 344 g/mol. The lowest BCUT2D eigenvalue weighted by Crippen LogP contribution is -2.48. The van der Waals surface area contributed by atoms with E-state index in [9.17, 15) is 9.59 Å². The van der Waals surface area contributed by atoms with Crippen LogP contribution in [-0.2, 0) is 9.53 Å². The zero-order valence-corrected chi connectivity index (χ0v) is 16.0. The largest absolute Gasteiger partial charge is 0.462 e. The van der Waals surface area contributed by atoms with E-state index >= 15 is 0 Å². The first kappa shape index (κ1) is 18.8. The molecule has 1 N–H and O–H groups in total. The molecule has 0 spiro atoms. The van der Waals surface area contributed by atoms with Gasteiger partial charge in [0, 0.05) is 37.0 Å². The highest BCUT2D eigenvalue weighted by molar-refractivity contribution is 5.96. The van der Waals surface area contributed by atoms with Gasteiger partial charge >= 0.3 is 5.97 Å². The van der Waals surface area contributed by atoms with Crippen molar-refractivity contribution in [1.29, 1.82) is 0 Å². The molecule has 0 saturated heterocycles. The van der Waals surface area contributed by atoms with E-state index in [0.717, 1.165) is 11.3 Å². The zero-order valence-electron chi connectivity index (χ0n) is 16.0. The number of hydrogen-bond acceptors (Lipinski definition) is 6. The molecule has 27 heavy (non-hydrogen) atoms. The van der Waals surface area contributed by atoms with Crippen LogP contribution in [0.5, 0.6) is 0 Å². The van der Waals surface area contributed by atoms with Crippen molar-refractivity contribution in [2.45, 2.75) is 39.8 Å². The third-order valence-corrected chi connectivity index (χ3v) is 5.02. The summed E-state index contributed by atoms with van der Waals surface area (Å²) in [5.41, 5.74) is 2.10. The van der Waals surface area contributed by atoms with Crippen molar-refractivity contribution in [3.8, 4) is 0 Å². The molecular formula is C20H24N4O3. The molecule has 1 aliphatic rings. The maximum atomic E-state index is 12.3. The number of aromatic nitrogens is 2. The molecule has 0 radical (unpaired) electrons. The van der Waals surface area contributed by atoms with E-state index in [1.807, 2.05) is 13.0 Å². The summed E-state index contributed by atoms with van der Waals surface area (Å²) in [5, 5.41) is 3.36. The Hall–Kier alpha value is -2.96. The minimum Gasteiger partial charge on any atom is -0.462 e. The van der Waals surface area contributed by atoms with Gasteiger partial charge in [0.1, 0.15) is 0 Å². The fourth-order valence-corrected chi connectivity index (χ4v) is 3.56. The van der Waals surface area contributed by atoms with Crippen molar-refractivity contribution in [2.75, 3.05) is 16.8 Å². The van der Waals surface area contributed by atoms with Gasteiger partial charge in [0.2, 0.25) is 11.9 Å². The van der Waals surface area contributed by atoms with E-state index in [1.165, 1.54) is 0 Å². The third kappa shape index (κ3) is 3.63. The zero-order chi connectivity index (χ0) is 19.6. The Labute approximate surface area is 158 Å². The van der Waals surface area contributed by atoms with E-state index in [4.69, 9.17) is 4.74 Å². The summed E-state index contributed by atoms with van der Waals surface area (Å²) in [6.07, 6.45) is 3.34. The predicted octanol–water partition coefficient (Wildman–Crippen LogP) is 3.20. The molecule has 142 valence electrons. The SMILES string of the molecule is CCOC(=O)c1ccc2c(c1)C(Nc1ncccn1)C(C)C(C)N2C(C)=O. The summed E-state index contributed by atoms with van der Waals surface area (Å²) >= 11 is 0. The number of benzene rings is 1. The van der Waals surface area contributed by atoms with Crippen LogP contribution in [0.1, 0.15) is 49.7 Å². The second-order valence-corrected chi connectivity index (χ2v) is 6.68. The summed E-state index contributed by atoms with van der Waals surface area (Å²) in [4.78, 5) is 34.8. The lowest BCUT2D eigenvalue weighted by atomic mass is 9.82. The molecule has 0 aliphatic carbocycles. The smallest absolute Gasteiger partial charge is 0.338 e. The number of carbonyl (C=O) groups excluding carboxylic acids is 2. The molecule has 0 bridgehead atoms. The van der Waals surface area contributed by atoms with E-state index in [2.05, 4.69) is 22.2 Å². The predicted molar refractivity (Wildman–Crippen MR) is 103 cm³/mol. The number of carbonyl (C=O) groups is 2. The van der Waals surface area contributed by atoms with Crippen molar-refractivity contribution < 1.29 is 14.3 Å². The Bertz CT molecular complexity index is 840. The lowest BCUT2D eigenvalue weighted by Gasteiger charge is -2.43. The first-order valence-corrected chi connectivity index (χ1v) is 9.08. The topological polar surface area (TPSA) is 84.4 Å². The number of anilines is 2. The number of esters is 1. The van der Waals surface area contributed by atoms with Crippen LogP contribution in [0.2, 0.25) is 0 Å². The molecule has 2 aromatic rings. The van der Waals surface area contributed by atoms with Gasteiger partial charge < -0.3 is 15.0 Å². The number of fused-ring (bicyclic) bond motifs is 1. The molecule has 7 nitrogen and oxygen atoms in total. The molecule has 3 atom stereocenters. The minimum absolute atomic E-state index is 0.0235. The van der Waals surface area contributed by atoms with E-state index in [-0.39, 0.29) is 29.9 Å². The van der Waals surface area contributed by atoms with Crippen LogP contribution >= 0.6 is 0 Å². The normalized spacial score (nSPS) is 21.3. The van der Waals surface area contributed by atoms with Gasteiger partial charge in [-0.25, -0.2) is 14.8 Å². The van der Waals surface area contributed by atoms with Gasteiger partial charge in [-0.1, -0.05) is 6.92 Å². The standard InChI is InChI=1S/C20H24N4O3/c1-5-27-19(26)15-7-8-17-16(11-15)18(23-20-21-9-6-10-22-20)12(2)13(3)24(17)14(4)25/h6-13,18H,5H2,1-4H3,(H,21,22,23). The van der Waals surface area contributed by atoms with Gasteiger partial charge in [-0.2, -0.15) is 0 Å². The van der Waals surface area contributed by atoms with Gasteiger partial charge in [-0.05, 0) is 43.7 Å². The quantitative estimate of drug-likeness (QED) is 0.835. The number of ether oxygens (including phenoxy) is 1. The summed E-state index contributed by atoms with van der Waals surface area (Å²) < 4.78 is 5.13. The Morgan fingerprint density at radius 3 is 2.56 bits per heavy atom. The van der Waals surface area contributed by atoms with E-state index in [0.29, 0.717) is 18.1 Å². The highest BCUT2D eigenvalue weighted by atomic mass is 16.5. The summed E-state index contributed by atoms with van der Waals surface area (Å²) in [6.45, 7) is 7.73. The van der Waals surface area contributed by atoms with Crippen molar-refractivity contribution >= 4 is 23.5 Å². The number of rotatable bonds is 4. The molecule has 1 amide bonds. The van der Waals surface area contributed by atoms with Gasteiger partial charge in [-0.15, -0.1) is 0 Å².